The predicted molar refractivity (Wildman–Crippen MR) is 121 cm³/mol. The number of carbonyl (C=O) groups is 1. The highest BCUT2D eigenvalue weighted by Gasteiger charge is 2.22. The van der Waals surface area contributed by atoms with E-state index in [-0.39, 0.29) is 0 Å². The molecule has 6 nitrogen and oxygen atoms in total. The van der Waals surface area contributed by atoms with Gasteiger partial charge in [-0.3, -0.25) is 0 Å². The summed E-state index contributed by atoms with van der Waals surface area (Å²) in [6.07, 6.45) is 1.91. The summed E-state index contributed by atoms with van der Waals surface area (Å²) >= 11 is 2.92. The van der Waals surface area contributed by atoms with E-state index in [4.69, 9.17) is 9.47 Å². The Kier molecular flexibility index (Phi) is 7.98. The van der Waals surface area contributed by atoms with Gasteiger partial charge in [0.15, 0.2) is 5.16 Å². The van der Waals surface area contributed by atoms with Gasteiger partial charge in [-0.25, -0.2) is 14.8 Å². The first-order valence-corrected chi connectivity index (χ1v) is 11.4. The van der Waals surface area contributed by atoms with Crippen LogP contribution in [0.3, 0.4) is 0 Å². The molecule has 0 amide bonds. The minimum Gasteiger partial charge on any atom is -0.497 e. The summed E-state index contributed by atoms with van der Waals surface area (Å²) in [5.41, 5.74) is 2.54. The van der Waals surface area contributed by atoms with Crippen molar-refractivity contribution < 1.29 is 14.3 Å². The molecule has 0 aliphatic heterocycles. The van der Waals surface area contributed by atoms with E-state index < -0.39 is 5.97 Å². The van der Waals surface area contributed by atoms with E-state index in [1.807, 2.05) is 60.9 Å². The summed E-state index contributed by atoms with van der Waals surface area (Å²) in [4.78, 5) is 21.7. The predicted octanol–water partition coefficient (Wildman–Crippen LogP) is 4.90. The van der Waals surface area contributed by atoms with Gasteiger partial charge in [0.1, 0.15) is 22.2 Å². The number of rotatable bonds is 9. The van der Waals surface area contributed by atoms with Crippen molar-refractivity contribution >= 4 is 35.3 Å². The van der Waals surface area contributed by atoms with Gasteiger partial charge >= 0.3 is 5.97 Å². The van der Waals surface area contributed by atoms with Gasteiger partial charge in [0, 0.05) is 12.3 Å². The molecular weight excluding hydrogens is 418 g/mol. The number of anilines is 1. The fourth-order valence-corrected chi connectivity index (χ4v) is 4.08. The van der Waals surface area contributed by atoms with Gasteiger partial charge in [0.25, 0.3) is 0 Å². The summed E-state index contributed by atoms with van der Waals surface area (Å²) < 4.78 is 10.2. The molecule has 0 aliphatic carbocycles. The van der Waals surface area contributed by atoms with Crippen molar-refractivity contribution in [1.29, 1.82) is 0 Å². The second kappa shape index (κ2) is 10.9. The van der Waals surface area contributed by atoms with Crippen LogP contribution in [0.2, 0.25) is 0 Å². The van der Waals surface area contributed by atoms with Crippen LogP contribution in [-0.4, -0.2) is 36.4 Å². The van der Waals surface area contributed by atoms with E-state index in [1.54, 1.807) is 7.11 Å². The molecule has 30 heavy (non-hydrogen) atoms. The number of benzene rings is 2. The Hall–Kier alpha value is -2.71. The average molecular weight is 442 g/mol. The summed E-state index contributed by atoms with van der Waals surface area (Å²) in [7, 11) is 3.00. The molecule has 2 aromatic carbocycles. The van der Waals surface area contributed by atoms with Crippen LogP contribution in [0.1, 0.15) is 21.5 Å². The van der Waals surface area contributed by atoms with Crippen LogP contribution in [0, 0.1) is 0 Å². The molecule has 8 heteroatoms. The van der Waals surface area contributed by atoms with Crippen LogP contribution in [0.15, 0.2) is 64.8 Å². The monoisotopic (exact) mass is 441 g/mol. The maximum absolute atomic E-state index is 12.6. The molecule has 0 atom stereocenters. The van der Waals surface area contributed by atoms with Crippen LogP contribution in [0.4, 0.5) is 5.82 Å². The number of esters is 1. The molecule has 0 bridgehead atoms. The lowest BCUT2D eigenvalue weighted by atomic mass is 10.2. The summed E-state index contributed by atoms with van der Waals surface area (Å²) in [5.74, 6) is 1.48. The number of carbonyl (C=O) groups excluding carboxylic acids is 1. The highest BCUT2D eigenvalue weighted by atomic mass is 32.2. The standard InChI is InChI=1S/C22H23N3O3S2/c1-27-17-11-9-15(10-12-17)13-23-19-18(21(26)28-2)20(25-22(24-19)29-3)30-14-16-7-5-4-6-8-16/h4-12H,13-14H2,1-3H3,(H,23,24,25). The Morgan fingerprint density at radius 2 is 1.73 bits per heavy atom. The molecule has 1 N–H and O–H groups in total. The molecule has 0 radical (unpaired) electrons. The van der Waals surface area contributed by atoms with Crippen LogP contribution < -0.4 is 10.1 Å². The van der Waals surface area contributed by atoms with E-state index in [9.17, 15) is 4.79 Å². The Morgan fingerprint density at radius 3 is 2.37 bits per heavy atom. The van der Waals surface area contributed by atoms with Crippen molar-refractivity contribution in [2.75, 3.05) is 25.8 Å². The normalized spacial score (nSPS) is 10.5. The lowest BCUT2D eigenvalue weighted by molar-refractivity contribution is 0.0596. The van der Waals surface area contributed by atoms with Crippen LogP contribution in [-0.2, 0) is 17.0 Å². The molecule has 0 fully saturated rings. The van der Waals surface area contributed by atoms with Gasteiger partial charge in [0.05, 0.1) is 14.2 Å². The molecule has 0 unspecified atom stereocenters. The number of nitrogens with one attached hydrogen (secondary N) is 1. The molecule has 3 rings (SSSR count). The minimum absolute atomic E-state index is 0.352. The minimum atomic E-state index is -0.463. The van der Waals surface area contributed by atoms with Gasteiger partial charge in [-0.1, -0.05) is 54.2 Å². The van der Waals surface area contributed by atoms with Gasteiger partial charge in [-0.15, -0.1) is 11.8 Å². The number of nitrogens with zero attached hydrogens (tertiary/aromatic N) is 2. The van der Waals surface area contributed by atoms with Gasteiger partial charge in [-0.2, -0.15) is 0 Å². The van der Waals surface area contributed by atoms with Gasteiger partial charge in [-0.05, 0) is 29.5 Å². The van der Waals surface area contributed by atoms with Crippen molar-refractivity contribution in [3.63, 3.8) is 0 Å². The second-order valence-corrected chi connectivity index (χ2v) is 7.94. The molecule has 1 heterocycles. The molecule has 0 spiro atoms. The first kappa shape index (κ1) is 22.0. The first-order valence-electron chi connectivity index (χ1n) is 9.22. The van der Waals surface area contributed by atoms with E-state index in [2.05, 4.69) is 15.3 Å². The SMILES string of the molecule is COC(=O)c1c(NCc2ccc(OC)cc2)nc(SC)nc1SCc1ccccc1. The van der Waals surface area contributed by atoms with Crippen LogP contribution in [0.25, 0.3) is 0 Å². The molecular formula is C22H23N3O3S2. The van der Waals surface area contributed by atoms with Crippen LogP contribution >= 0.6 is 23.5 Å². The fourth-order valence-electron chi connectivity index (χ4n) is 2.69. The summed E-state index contributed by atoms with van der Waals surface area (Å²) in [6.45, 7) is 0.502. The van der Waals surface area contributed by atoms with Crippen molar-refractivity contribution in [2.45, 2.75) is 22.5 Å². The third kappa shape index (κ3) is 5.67. The zero-order chi connectivity index (χ0) is 21.3. The van der Waals surface area contributed by atoms with E-state index in [1.165, 1.54) is 30.6 Å². The second-order valence-electron chi connectivity index (χ2n) is 6.21. The Balaban J connectivity index is 1.88. The number of hydrogen-bond donors (Lipinski definition) is 1. The number of thioether (sulfide) groups is 2. The van der Waals surface area contributed by atoms with Crippen molar-refractivity contribution in [3.05, 3.63) is 71.3 Å². The topological polar surface area (TPSA) is 73.3 Å². The number of ether oxygens (including phenoxy) is 2. The summed E-state index contributed by atoms with van der Waals surface area (Å²) in [5, 5.41) is 4.47. The largest absolute Gasteiger partial charge is 0.497 e. The van der Waals surface area contributed by atoms with Gasteiger partial charge < -0.3 is 14.8 Å². The van der Waals surface area contributed by atoms with Crippen LogP contribution in [0.5, 0.6) is 5.75 Å². The molecule has 1 aromatic heterocycles. The number of aromatic nitrogens is 2. The Bertz CT molecular complexity index is 983. The Morgan fingerprint density at radius 1 is 1.00 bits per heavy atom. The lowest BCUT2D eigenvalue weighted by Gasteiger charge is -2.14. The third-order valence-electron chi connectivity index (χ3n) is 4.26. The molecule has 0 aliphatic rings. The molecule has 156 valence electrons. The smallest absolute Gasteiger partial charge is 0.344 e. The van der Waals surface area contributed by atoms with E-state index in [0.717, 1.165) is 16.9 Å². The fraction of sp³-hybridized carbons (Fsp3) is 0.227. The first-order chi connectivity index (χ1) is 14.6. The van der Waals surface area contributed by atoms with Gasteiger partial charge in [0.2, 0.25) is 0 Å². The third-order valence-corrected chi connectivity index (χ3v) is 5.86. The highest BCUT2D eigenvalue weighted by Crippen LogP contribution is 2.31. The zero-order valence-corrected chi connectivity index (χ0v) is 18.7. The number of methoxy groups -OCH3 is 2. The molecule has 0 saturated carbocycles. The maximum Gasteiger partial charge on any atom is 0.344 e. The van der Waals surface area contributed by atoms with Crippen molar-refractivity contribution in [3.8, 4) is 5.75 Å². The van der Waals surface area contributed by atoms with Crippen molar-refractivity contribution in [1.82, 2.24) is 9.97 Å². The average Bonchev–Trinajstić information content (AvgIpc) is 2.81. The highest BCUT2D eigenvalue weighted by molar-refractivity contribution is 7.99. The maximum atomic E-state index is 12.6. The lowest BCUT2D eigenvalue weighted by Crippen LogP contribution is -2.13. The molecule has 3 aromatic rings. The quantitative estimate of drug-likeness (QED) is 0.218. The number of hydrogen-bond acceptors (Lipinski definition) is 8. The molecule has 0 saturated heterocycles. The van der Waals surface area contributed by atoms with E-state index in [0.29, 0.717) is 33.9 Å². The zero-order valence-electron chi connectivity index (χ0n) is 17.0. The summed E-state index contributed by atoms with van der Waals surface area (Å²) in [6, 6.07) is 17.8. The van der Waals surface area contributed by atoms with Crippen molar-refractivity contribution in [2.24, 2.45) is 0 Å². The van der Waals surface area contributed by atoms with E-state index >= 15 is 0 Å². The Labute approximate surface area is 184 Å².